The first-order valence-corrected chi connectivity index (χ1v) is 10.7. The summed E-state index contributed by atoms with van der Waals surface area (Å²) in [7, 11) is 0. The standard InChI is InChI=1S/C24H26FN5O2/c25-20-7-5-19(6-8-20)24(32)29-21-9-3-17(4-10-21)13-26-22-12-23(28-16-27-22)30-11-1-2-18(14-30)15-31/h3-10,12,16,18,31H,1-2,11,13-15H2,(H,29,32)(H,26,27,28). The van der Waals surface area contributed by atoms with Crippen LogP contribution in [0.25, 0.3) is 0 Å². The van der Waals surface area contributed by atoms with Crippen LogP contribution < -0.4 is 15.5 Å². The number of hydrogen-bond acceptors (Lipinski definition) is 6. The largest absolute Gasteiger partial charge is 0.396 e. The molecule has 32 heavy (non-hydrogen) atoms. The van der Waals surface area contributed by atoms with Crippen LogP contribution in [0.1, 0.15) is 28.8 Å². The Hall–Kier alpha value is -3.52. The van der Waals surface area contributed by atoms with Gasteiger partial charge in [0.2, 0.25) is 0 Å². The zero-order valence-electron chi connectivity index (χ0n) is 17.7. The lowest BCUT2D eigenvalue weighted by atomic mass is 9.99. The molecule has 0 aliphatic carbocycles. The summed E-state index contributed by atoms with van der Waals surface area (Å²) in [5.74, 6) is 1.22. The maximum atomic E-state index is 13.0. The van der Waals surface area contributed by atoms with E-state index in [0.717, 1.165) is 43.1 Å². The number of nitrogens with one attached hydrogen (secondary N) is 2. The van der Waals surface area contributed by atoms with Gasteiger partial charge < -0.3 is 20.6 Å². The molecule has 2 aromatic carbocycles. The van der Waals surface area contributed by atoms with Crippen LogP contribution in [-0.2, 0) is 6.54 Å². The summed E-state index contributed by atoms with van der Waals surface area (Å²) in [4.78, 5) is 23.1. The molecule has 1 saturated heterocycles. The predicted molar refractivity (Wildman–Crippen MR) is 122 cm³/mol. The van der Waals surface area contributed by atoms with E-state index in [-0.39, 0.29) is 24.2 Å². The molecule has 1 aliphatic heterocycles. The van der Waals surface area contributed by atoms with Gasteiger partial charge in [0.25, 0.3) is 5.91 Å². The van der Waals surface area contributed by atoms with Crippen molar-refractivity contribution in [2.24, 2.45) is 5.92 Å². The van der Waals surface area contributed by atoms with Crippen molar-refractivity contribution < 1.29 is 14.3 Å². The number of aliphatic hydroxyl groups excluding tert-OH is 1. The lowest BCUT2D eigenvalue weighted by Gasteiger charge is -2.32. The van der Waals surface area contributed by atoms with Crippen LogP contribution in [0.5, 0.6) is 0 Å². The third kappa shape index (κ3) is 5.59. The van der Waals surface area contributed by atoms with Crippen LogP contribution >= 0.6 is 0 Å². The molecule has 1 amide bonds. The minimum atomic E-state index is -0.375. The average molecular weight is 436 g/mol. The van der Waals surface area contributed by atoms with E-state index in [9.17, 15) is 14.3 Å². The summed E-state index contributed by atoms with van der Waals surface area (Å²) in [6.07, 6.45) is 3.64. The number of hydrogen-bond donors (Lipinski definition) is 3. The van der Waals surface area contributed by atoms with E-state index in [1.54, 1.807) is 6.33 Å². The first-order valence-electron chi connectivity index (χ1n) is 10.7. The molecule has 1 aromatic heterocycles. The molecule has 1 aliphatic rings. The zero-order valence-corrected chi connectivity index (χ0v) is 17.7. The first kappa shape index (κ1) is 21.7. The van der Waals surface area contributed by atoms with Crippen molar-refractivity contribution in [2.75, 3.05) is 35.2 Å². The molecule has 166 valence electrons. The second-order valence-corrected chi connectivity index (χ2v) is 7.91. The van der Waals surface area contributed by atoms with E-state index in [0.29, 0.717) is 17.8 Å². The summed E-state index contributed by atoms with van der Waals surface area (Å²) < 4.78 is 13.0. The molecule has 8 heteroatoms. The van der Waals surface area contributed by atoms with Gasteiger partial charge in [-0.3, -0.25) is 4.79 Å². The fourth-order valence-corrected chi connectivity index (χ4v) is 3.74. The molecule has 7 nitrogen and oxygen atoms in total. The highest BCUT2D eigenvalue weighted by molar-refractivity contribution is 6.04. The quantitative estimate of drug-likeness (QED) is 0.524. The number of halogens is 1. The number of anilines is 3. The predicted octanol–water partition coefficient (Wildman–Crippen LogP) is 3.69. The van der Waals surface area contributed by atoms with Crippen LogP contribution in [0.4, 0.5) is 21.7 Å². The van der Waals surface area contributed by atoms with Crippen LogP contribution in [0.15, 0.2) is 60.9 Å². The minimum Gasteiger partial charge on any atom is -0.396 e. The van der Waals surface area contributed by atoms with Gasteiger partial charge in [-0.25, -0.2) is 14.4 Å². The molecule has 4 rings (SSSR count). The van der Waals surface area contributed by atoms with Crippen LogP contribution in [0.3, 0.4) is 0 Å². The van der Waals surface area contributed by atoms with Gasteiger partial charge in [-0.05, 0) is 60.7 Å². The summed E-state index contributed by atoms with van der Waals surface area (Å²) >= 11 is 0. The lowest BCUT2D eigenvalue weighted by Crippen LogP contribution is -2.37. The topological polar surface area (TPSA) is 90.4 Å². The number of rotatable bonds is 7. The van der Waals surface area contributed by atoms with Gasteiger partial charge in [0.1, 0.15) is 23.8 Å². The van der Waals surface area contributed by atoms with Crippen molar-refractivity contribution in [3.05, 3.63) is 77.9 Å². The number of amides is 1. The van der Waals surface area contributed by atoms with Gasteiger partial charge in [0.05, 0.1) is 0 Å². The SMILES string of the molecule is O=C(Nc1ccc(CNc2cc(N3CCCC(CO)C3)ncn2)cc1)c1ccc(F)cc1. The number of carbonyl (C=O) groups is 1. The van der Waals surface area contributed by atoms with Crippen molar-refractivity contribution >= 4 is 23.2 Å². The van der Waals surface area contributed by atoms with E-state index >= 15 is 0 Å². The lowest BCUT2D eigenvalue weighted by molar-refractivity contribution is 0.102. The number of aromatic nitrogens is 2. The number of nitrogens with zero attached hydrogens (tertiary/aromatic N) is 3. The maximum Gasteiger partial charge on any atom is 0.255 e. The fourth-order valence-electron chi connectivity index (χ4n) is 3.74. The monoisotopic (exact) mass is 435 g/mol. The molecule has 0 saturated carbocycles. The molecule has 1 fully saturated rings. The van der Waals surface area contributed by atoms with E-state index in [2.05, 4.69) is 25.5 Å². The Morgan fingerprint density at radius 2 is 1.91 bits per heavy atom. The Kier molecular flexibility index (Phi) is 6.91. The van der Waals surface area contributed by atoms with E-state index in [4.69, 9.17) is 0 Å². The second-order valence-electron chi connectivity index (χ2n) is 7.91. The Morgan fingerprint density at radius 1 is 1.12 bits per heavy atom. The van der Waals surface area contributed by atoms with Gasteiger partial charge in [-0.1, -0.05) is 12.1 Å². The van der Waals surface area contributed by atoms with Gasteiger partial charge in [0, 0.05) is 43.6 Å². The summed E-state index contributed by atoms with van der Waals surface area (Å²) in [5.41, 5.74) is 2.09. The smallest absolute Gasteiger partial charge is 0.255 e. The fraction of sp³-hybridized carbons (Fsp3) is 0.292. The van der Waals surface area contributed by atoms with Crippen molar-refractivity contribution in [3.63, 3.8) is 0 Å². The second kappa shape index (κ2) is 10.2. The van der Waals surface area contributed by atoms with Crippen molar-refractivity contribution in [3.8, 4) is 0 Å². The van der Waals surface area contributed by atoms with Crippen LogP contribution in [-0.4, -0.2) is 40.7 Å². The molecule has 2 heterocycles. The first-order chi connectivity index (χ1) is 15.6. The molecule has 3 N–H and O–H groups in total. The van der Waals surface area contributed by atoms with Crippen molar-refractivity contribution in [1.29, 1.82) is 0 Å². The average Bonchev–Trinajstić information content (AvgIpc) is 2.84. The molecule has 0 spiro atoms. The number of piperidine rings is 1. The highest BCUT2D eigenvalue weighted by Gasteiger charge is 2.20. The summed E-state index contributed by atoms with van der Waals surface area (Å²) in [5, 5.41) is 15.6. The maximum absolute atomic E-state index is 13.0. The molecule has 3 aromatic rings. The Balaban J connectivity index is 1.32. The third-order valence-corrected chi connectivity index (χ3v) is 5.55. The Bertz CT molecular complexity index is 1040. The molecule has 1 atom stereocenters. The van der Waals surface area contributed by atoms with Crippen LogP contribution in [0.2, 0.25) is 0 Å². The highest BCUT2D eigenvalue weighted by Crippen LogP contribution is 2.22. The van der Waals surface area contributed by atoms with E-state index in [1.165, 1.54) is 24.3 Å². The number of benzene rings is 2. The van der Waals surface area contributed by atoms with E-state index < -0.39 is 0 Å². The normalized spacial score (nSPS) is 15.9. The molecule has 0 radical (unpaired) electrons. The third-order valence-electron chi connectivity index (χ3n) is 5.55. The molecular weight excluding hydrogens is 409 g/mol. The van der Waals surface area contributed by atoms with Gasteiger partial charge in [-0.2, -0.15) is 0 Å². The minimum absolute atomic E-state index is 0.201. The van der Waals surface area contributed by atoms with Gasteiger partial charge in [-0.15, -0.1) is 0 Å². The highest BCUT2D eigenvalue weighted by atomic mass is 19.1. The van der Waals surface area contributed by atoms with Crippen molar-refractivity contribution in [1.82, 2.24) is 9.97 Å². The zero-order chi connectivity index (χ0) is 22.3. The molecular formula is C24H26FN5O2. The number of aliphatic hydroxyl groups is 1. The van der Waals surface area contributed by atoms with Crippen LogP contribution in [0, 0.1) is 11.7 Å². The number of carbonyl (C=O) groups excluding carboxylic acids is 1. The van der Waals surface area contributed by atoms with Gasteiger partial charge in [0.15, 0.2) is 0 Å². The van der Waals surface area contributed by atoms with Gasteiger partial charge >= 0.3 is 0 Å². The molecule has 1 unspecified atom stereocenters. The van der Waals surface area contributed by atoms with E-state index in [1.807, 2.05) is 30.3 Å². The summed E-state index contributed by atoms with van der Waals surface area (Å²) in [6, 6.07) is 14.9. The Labute approximate surface area is 186 Å². The Morgan fingerprint density at radius 3 is 2.66 bits per heavy atom. The summed E-state index contributed by atoms with van der Waals surface area (Å²) in [6.45, 7) is 2.51. The van der Waals surface area contributed by atoms with Crippen molar-refractivity contribution in [2.45, 2.75) is 19.4 Å². The molecule has 0 bridgehead atoms.